The van der Waals surface area contributed by atoms with Gasteiger partial charge in [-0.15, -0.1) is 0 Å². The van der Waals surface area contributed by atoms with E-state index >= 15 is 0 Å². The number of nitrogens with one attached hydrogen (secondary N) is 2. The molecule has 0 aliphatic rings. The zero-order valence-corrected chi connectivity index (χ0v) is 15.1. The Hall–Kier alpha value is -2.34. The molecule has 0 saturated heterocycles. The van der Waals surface area contributed by atoms with E-state index in [1.807, 2.05) is 13.8 Å². The third kappa shape index (κ3) is 3.94. The maximum Gasteiger partial charge on any atom is 0.261 e. The van der Waals surface area contributed by atoms with Crippen LogP contribution in [0.2, 0.25) is 0 Å². The SMILES string of the molecule is CCC(=O)Nc1cccc(NS(=O)(=O)c2ccc(C)c(C)c2)c1C. The molecule has 0 fully saturated rings. The minimum absolute atomic E-state index is 0.118. The molecule has 0 heterocycles. The molecule has 0 unspecified atom stereocenters. The lowest BCUT2D eigenvalue weighted by Crippen LogP contribution is -2.15. The molecule has 2 aromatic carbocycles. The van der Waals surface area contributed by atoms with E-state index in [1.165, 1.54) is 0 Å². The van der Waals surface area contributed by atoms with Gasteiger partial charge in [-0.1, -0.05) is 19.1 Å². The summed E-state index contributed by atoms with van der Waals surface area (Å²) in [7, 11) is -3.69. The lowest BCUT2D eigenvalue weighted by Gasteiger charge is -2.15. The van der Waals surface area contributed by atoms with Crippen molar-refractivity contribution < 1.29 is 13.2 Å². The van der Waals surface area contributed by atoms with Gasteiger partial charge in [0.1, 0.15) is 0 Å². The van der Waals surface area contributed by atoms with Crippen molar-refractivity contribution in [2.75, 3.05) is 10.0 Å². The molecule has 0 aromatic heterocycles. The van der Waals surface area contributed by atoms with E-state index in [2.05, 4.69) is 10.0 Å². The van der Waals surface area contributed by atoms with Crippen molar-refractivity contribution in [1.82, 2.24) is 0 Å². The van der Waals surface area contributed by atoms with Crippen molar-refractivity contribution in [1.29, 1.82) is 0 Å². The molecule has 6 heteroatoms. The largest absolute Gasteiger partial charge is 0.326 e. The highest BCUT2D eigenvalue weighted by atomic mass is 32.2. The Bertz CT molecular complexity index is 874. The van der Waals surface area contributed by atoms with Gasteiger partial charge in [0.2, 0.25) is 5.91 Å². The molecule has 0 radical (unpaired) electrons. The van der Waals surface area contributed by atoms with Crippen LogP contribution in [0.5, 0.6) is 0 Å². The van der Waals surface area contributed by atoms with Crippen LogP contribution in [0, 0.1) is 20.8 Å². The van der Waals surface area contributed by atoms with Crippen LogP contribution in [0.1, 0.15) is 30.0 Å². The van der Waals surface area contributed by atoms with E-state index < -0.39 is 10.0 Å². The molecule has 5 nitrogen and oxygen atoms in total. The second-order valence-corrected chi connectivity index (χ2v) is 7.41. The quantitative estimate of drug-likeness (QED) is 0.865. The first-order chi connectivity index (χ1) is 11.2. The Kier molecular flexibility index (Phi) is 5.29. The standard InChI is InChI=1S/C18H22N2O3S/c1-5-18(21)19-16-7-6-8-17(14(16)4)20-24(22,23)15-10-9-12(2)13(3)11-15/h6-11,20H,5H2,1-4H3,(H,19,21). The molecule has 2 rings (SSSR count). The van der Waals surface area contributed by atoms with Crippen LogP contribution in [0.25, 0.3) is 0 Å². The van der Waals surface area contributed by atoms with Gasteiger partial charge in [-0.05, 0) is 61.7 Å². The molecule has 2 N–H and O–H groups in total. The number of anilines is 2. The van der Waals surface area contributed by atoms with E-state index in [0.717, 1.165) is 11.1 Å². The molecular weight excluding hydrogens is 324 g/mol. The molecule has 24 heavy (non-hydrogen) atoms. The number of carbonyl (C=O) groups excluding carboxylic acids is 1. The summed E-state index contributed by atoms with van der Waals surface area (Å²) in [5.41, 5.74) is 3.67. The Morgan fingerprint density at radius 1 is 1.00 bits per heavy atom. The molecule has 2 aromatic rings. The molecule has 0 atom stereocenters. The molecular formula is C18H22N2O3S. The van der Waals surface area contributed by atoms with Crippen molar-refractivity contribution in [2.45, 2.75) is 39.0 Å². The number of hydrogen-bond acceptors (Lipinski definition) is 3. The number of aryl methyl sites for hydroxylation is 2. The second kappa shape index (κ2) is 7.05. The summed E-state index contributed by atoms with van der Waals surface area (Å²) < 4.78 is 27.8. The van der Waals surface area contributed by atoms with Gasteiger partial charge in [0.05, 0.1) is 10.6 Å². The lowest BCUT2D eigenvalue weighted by atomic mass is 10.1. The normalized spacial score (nSPS) is 11.2. The van der Waals surface area contributed by atoms with E-state index in [1.54, 1.807) is 50.2 Å². The Labute approximate surface area is 143 Å². The van der Waals surface area contributed by atoms with Crippen molar-refractivity contribution in [3.05, 3.63) is 53.1 Å². The van der Waals surface area contributed by atoms with Crippen molar-refractivity contribution in [2.24, 2.45) is 0 Å². The topological polar surface area (TPSA) is 75.3 Å². The van der Waals surface area contributed by atoms with Crippen molar-refractivity contribution in [3.63, 3.8) is 0 Å². The molecule has 0 spiro atoms. The van der Waals surface area contributed by atoms with E-state index in [-0.39, 0.29) is 10.8 Å². The van der Waals surface area contributed by atoms with E-state index in [4.69, 9.17) is 0 Å². The number of rotatable bonds is 5. The van der Waals surface area contributed by atoms with Gasteiger partial charge in [-0.25, -0.2) is 8.42 Å². The Balaban J connectivity index is 2.34. The van der Waals surface area contributed by atoms with Crippen LogP contribution in [-0.4, -0.2) is 14.3 Å². The minimum Gasteiger partial charge on any atom is -0.326 e. The monoisotopic (exact) mass is 346 g/mol. The summed E-state index contributed by atoms with van der Waals surface area (Å²) in [6.07, 6.45) is 0.359. The van der Waals surface area contributed by atoms with Crippen molar-refractivity contribution in [3.8, 4) is 0 Å². The van der Waals surface area contributed by atoms with Crippen LogP contribution in [-0.2, 0) is 14.8 Å². The number of sulfonamides is 1. The van der Waals surface area contributed by atoms with Gasteiger partial charge < -0.3 is 5.32 Å². The lowest BCUT2D eigenvalue weighted by molar-refractivity contribution is -0.115. The molecule has 0 aliphatic heterocycles. The Morgan fingerprint density at radius 3 is 2.29 bits per heavy atom. The summed E-state index contributed by atoms with van der Waals surface area (Å²) in [6.45, 7) is 7.34. The second-order valence-electron chi connectivity index (χ2n) is 5.73. The Morgan fingerprint density at radius 2 is 1.67 bits per heavy atom. The zero-order valence-electron chi connectivity index (χ0n) is 14.3. The predicted octanol–water partition coefficient (Wildman–Crippen LogP) is 3.76. The molecule has 0 aliphatic carbocycles. The molecule has 0 saturated carbocycles. The van der Waals surface area contributed by atoms with E-state index in [0.29, 0.717) is 23.4 Å². The van der Waals surface area contributed by atoms with Crippen LogP contribution in [0.4, 0.5) is 11.4 Å². The summed E-state index contributed by atoms with van der Waals surface area (Å²) in [5, 5.41) is 2.77. The van der Waals surface area contributed by atoms with Crippen LogP contribution in [0.3, 0.4) is 0 Å². The first-order valence-corrected chi connectivity index (χ1v) is 9.22. The average Bonchev–Trinajstić information content (AvgIpc) is 2.53. The fourth-order valence-electron chi connectivity index (χ4n) is 2.20. The van der Waals surface area contributed by atoms with Crippen LogP contribution in [0.15, 0.2) is 41.3 Å². The highest BCUT2D eigenvalue weighted by Gasteiger charge is 2.17. The summed E-state index contributed by atoms with van der Waals surface area (Å²) in [4.78, 5) is 11.8. The number of benzene rings is 2. The summed E-state index contributed by atoms with van der Waals surface area (Å²) in [5.74, 6) is -0.118. The minimum atomic E-state index is -3.69. The molecule has 1 amide bonds. The summed E-state index contributed by atoms with van der Waals surface area (Å²) >= 11 is 0. The zero-order chi connectivity index (χ0) is 17.9. The fourth-order valence-corrected chi connectivity index (χ4v) is 3.41. The number of amides is 1. The maximum atomic E-state index is 12.6. The van der Waals surface area contributed by atoms with Crippen LogP contribution >= 0.6 is 0 Å². The maximum absolute atomic E-state index is 12.6. The van der Waals surface area contributed by atoms with Gasteiger partial charge in [-0.2, -0.15) is 0 Å². The highest BCUT2D eigenvalue weighted by Crippen LogP contribution is 2.26. The van der Waals surface area contributed by atoms with Gasteiger partial charge in [0.15, 0.2) is 0 Å². The predicted molar refractivity (Wildman–Crippen MR) is 96.8 cm³/mol. The van der Waals surface area contributed by atoms with E-state index in [9.17, 15) is 13.2 Å². The molecule has 0 bridgehead atoms. The van der Waals surface area contributed by atoms with Crippen molar-refractivity contribution >= 4 is 27.3 Å². The van der Waals surface area contributed by atoms with Gasteiger partial charge in [0, 0.05) is 12.1 Å². The van der Waals surface area contributed by atoms with Crippen LogP contribution < -0.4 is 10.0 Å². The summed E-state index contributed by atoms with van der Waals surface area (Å²) in [6, 6.07) is 10.1. The molecule has 128 valence electrons. The smallest absolute Gasteiger partial charge is 0.261 e. The average molecular weight is 346 g/mol. The number of carbonyl (C=O) groups is 1. The van der Waals surface area contributed by atoms with Gasteiger partial charge in [0.25, 0.3) is 10.0 Å². The van der Waals surface area contributed by atoms with Gasteiger partial charge >= 0.3 is 0 Å². The third-order valence-electron chi connectivity index (χ3n) is 3.96. The first-order valence-electron chi connectivity index (χ1n) is 7.74. The highest BCUT2D eigenvalue weighted by molar-refractivity contribution is 7.92. The third-order valence-corrected chi connectivity index (χ3v) is 5.33. The fraction of sp³-hybridized carbons (Fsp3) is 0.278. The van der Waals surface area contributed by atoms with Gasteiger partial charge in [-0.3, -0.25) is 9.52 Å². The first kappa shape index (κ1) is 18.0. The number of hydrogen-bond donors (Lipinski definition) is 2.